The van der Waals surface area contributed by atoms with Gasteiger partial charge in [-0.05, 0) is 48.6 Å². The molecule has 0 N–H and O–H groups in total. The van der Waals surface area contributed by atoms with Gasteiger partial charge in [0.25, 0.3) is 0 Å². The van der Waals surface area contributed by atoms with Crippen LogP contribution in [0.2, 0.25) is 0 Å². The predicted octanol–water partition coefficient (Wildman–Crippen LogP) is 5.26. The third kappa shape index (κ3) is 2.85. The number of allylic oxidation sites excluding steroid dienone is 5. The van der Waals surface area contributed by atoms with E-state index in [1.807, 2.05) is 18.2 Å². The van der Waals surface area contributed by atoms with Gasteiger partial charge in [0.2, 0.25) is 0 Å². The van der Waals surface area contributed by atoms with Gasteiger partial charge in [-0.3, -0.25) is 0 Å². The maximum Gasteiger partial charge on any atom is -0.0106 e. The normalized spacial score (nSPS) is 13.0. The Morgan fingerprint density at radius 2 is 1.76 bits per heavy atom. The first-order valence-corrected chi connectivity index (χ1v) is 5.84. The molecule has 0 unspecified atom stereocenters. The van der Waals surface area contributed by atoms with Gasteiger partial charge in [0.05, 0.1) is 0 Å². The molecule has 0 radical (unpaired) electrons. The number of rotatable bonds is 4. The Hall–Kier alpha value is -1.82. The van der Waals surface area contributed by atoms with Crippen LogP contribution in [0.1, 0.15) is 31.9 Å². The van der Waals surface area contributed by atoms with E-state index >= 15 is 0 Å². The Labute approximate surface area is 105 Å². The maximum atomic E-state index is 3.88. The van der Waals surface area contributed by atoms with E-state index in [2.05, 4.69) is 58.2 Å². The molecule has 0 amide bonds. The largest absolute Gasteiger partial charge is 0.0988 e. The summed E-state index contributed by atoms with van der Waals surface area (Å²) in [6, 6.07) is 8.31. The van der Waals surface area contributed by atoms with Crippen LogP contribution in [-0.4, -0.2) is 0 Å². The summed E-state index contributed by atoms with van der Waals surface area (Å²) in [5.74, 6) is 0. The summed E-state index contributed by atoms with van der Waals surface area (Å²) in [6.07, 6.45) is 5.93. The van der Waals surface area contributed by atoms with Gasteiger partial charge in [0.1, 0.15) is 0 Å². The zero-order valence-electron chi connectivity index (χ0n) is 11.0. The molecule has 0 bridgehead atoms. The number of benzene rings is 1. The van der Waals surface area contributed by atoms with Crippen LogP contribution >= 0.6 is 0 Å². The van der Waals surface area contributed by atoms with Crippen molar-refractivity contribution in [1.29, 1.82) is 0 Å². The van der Waals surface area contributed by atoms with E-state index in [1.165, 1.54) is 22.3 Å². The quantitative estimate of drug-likeness (QED) is 0.612. The average molecular weight is 224 g/mol. The van der Waals surface area contributed by atoms with E-state index in [0.29, 0.717) is 0 Å². The van der Waals surface area contributed by atoms with E-state index in [0.717, 1.165) is 5.56 Å². The molecule has 0 aliphatic rings. The van der Waals surface area contributed by atoms with Crippen molar-refractivity contribution in [2.75, 3.05) is 0 Å². The Morgan fingerprint density at radius 1 is 1.12 bits per heavy atom. The van der Waals surface area contributed by atoms with Crippen molar-refractivity contribution >= 4 is 11.6 Å². The zero-order chi connectivity index (χ0) is 12.8. The molecule has 0 saturated heterocycles. The van der Waals surface area contributed by atoms with Crippen molar-refractivity contribution in [3.05, 3.63) is 71.8 Å². The second kappa shape index (κ2) is 6.05. The maximum absolute atomic E-state index is 3.88. The molecule has 0 aliphatic heterocycles. The first kappa shape index (κ1) is 13.2. The Kier molecular flexibility index (Phi) is 4.71. The van der Waals surface area contributed by atoms with Gasteiger partial charge >= 0.3 is 0 Å². The summed E-state index contributed by atoms with van der Waals surface area (Å²) >= 11 is 0. The first-order chi connectivity index (χ1) is 8.15. The van der Waals surface area contributed by atoms with E-state index in [9.17, 15) is 0 Å². The van der Waals surface area contributed by atoms with Crippen LogP contribution in [0, 0.1) is 0 Å². The Balaban J connectivity index is 3.54. The molecular weight excluding hydrogens is 204 g/mol. The fraction of sp³-hybridized carbons (Fsp3) is 0.176. The zero-order valence-corrected chi connectivity index (χ0v) is 11.0. The van der Waals surface area contributed by atoms with Crippen molar-refractivity contribution in [1.82, 2.24) is 0 Å². The second-order valence-electron chi connectivity index (χ2n) is 4.03. The summed E-state index contributed by atoms with van der Waals surface area (Å²) in [4.78, 5) is 0. The van der Waals surface area contributed by atoms with E-state index in [4.69, 9.17) is 0 Å². The van der Waals surface area contributed by atoms with Gasteiger partial charge in [0, 0.05) is 0 Å². The monoisotopic (exact) mass is 224 g/mol. The minimum Gasteiger partial charge on any atom is -0.0988 e. The molecule has 0 fully saturated rings. The van der Waals surface area contributed by atoms with Crippen LogP contribution in [0.25, 0.3) is 11.6 Å². The number of hydrogen-bond donors (Lipinski definition) is 0. The SMILES string of the molecule is C=C/C(C)=C(\C(C)=C/C)c1ccccc1C=C. The molecule has 0 heteroatoms. The van der Waals surface area contributed by atoms with Crippen molar-refractivity contribution in [2.45, 2.75) is 20.8 Å². The van der Waals surface area contributed by atoms with Crippen LogP contribution in [0.5, 0.6) is 0 Å². The van der Waals surface area contributed by atoms with Gasteiger partial charge in [-0.25, -0.2) is 0 Å². The highest BCUT2D eigenvalue weighted by molar-refractivity contribution is 5.86. The number of hydrogen-bond acceptors (Lipinski definition) is 0. The smallest absolute Gasteiger partial charge is 0.0106 e. The molecule has 88 valence electrons. The third-order valence-corrected chi connectivity index (χ3v) is 2.98. The molecule has 0 heterocycles. The predicted molar refractivity (Wildman–Crippen MR) is 78.8 cm³/mol. The van der Waals surface area contributed by atoms with Gasteiger partial charge in [-0.15, -0.1) is 0 Å². The van der Waals surface area contributed by atoms with Gasteiger partial charge in [-0.2, -0.15) is 0 Å². The van der Waals surface area contributed by atoms with E-state index < -0.39 is 0 Å². The molecule has 1 rings (SSSR count). The molecule has 1 aromatic rings. The topological polar surface area (TPSA) is 0 Å². The minimum atomic E-state index is 1.16. The molecule has 0 aliphatic carbocycles. The average Bonchev–Trinajstić information content (AvgIpc) is 2.39. The van der Waals surface area contributed by atoms with Gasteiger partial charge in [0.15, 0.2) is 0 Å². The highest BCUT2D eigenvalue weighted by atomic mass is 14.1. The molecular formula is C17H20. The lowest BCUT2D eigenvalue weighted by Gasteiger charge is -2.14. The van der Waals surface area contributed by atoms with Crippen LogP contribution in [-0.2, 0) is 0 Å². The van der Waals surface area contributed by atoms with Crippen molar-refractivity contribution in [3.63, 3.8) is 0 Å². The van der Waals surface area contributed by atoms with Gasteiger partial charge < -0.3 is 0 Å². The molecule has 0 atom stereocenters. The molecule has 0 spiro atoms. The van der Waals surface area contributed by atoms with Crippen molar-refractivity contribution in [2.24, 2.45) is 0 Å². The highest BCUT2D eigenvalue weighted by Crippen LogP contribution is 2.30. The highest BCUT2D eigenvalue weighted by Gasteiger charge is 2.09. The lowest BCUT2D eigenvalue weighted by atomic mass is 9.90. The minimum absolute atomic E-state index is 1.16. The Morgan fingerprint density at radius 3 is 2.29 bits per heavy atom. The fourth-order valence-corrected chi connectivity index (χ4v) is 1.88. The summed E-state index contributed by atoms with van der Waals surface area (Å²) < 4.78 is 0. The van der Waals surface area contributed by atoms with E-state index in [-0.39, 0.29) is 0 Å². The summed E-state index contributed by atoms with van der Waals surface area (Å²) in [5, 5.41) is 0. The van der Waals surface area contributed by atoms with Crippen LogP contribution in [0.3, 0.4) is 0 Å². The van der Waals surface area contributed by atoms with Gasteiger partial charge in [-0.1, -0.05) is 55.7 Å². The Bertz CT molecular complexity index is 485. The van der Waals surface area contributed by atoms with Crippen LogP contribution in [0.15, 0.2) is 60.7 Å². The van der Waals surface area contributed by atoms with Crippen LogP contribution < -0.4 is 0 Å². The fourth-order valence-electron chi connectivity index (χ4n) is 1.88. The first-order valence-electron chi connectivity index (χ1n) is 5.84. The van der Waals surface area contributed by atoms with Crippen LogP contribution in [0.4, 0.5) is 0 Å². The van der Waals surface area contributed by atoms with Crippen molar-refractivity contribution in [3.8, 4) is 0 Å². The summed E-state index contributed by atoms with van der Waals surface area (Å²) in [6.45, 7) is 14.0. The second-order valence-corrected chi connectivity index (χ2v) is 4.03. The molecule has 1 aromatic carbocycles. The molecule has 0 aromatic heterocycles. The standard InChI is InChI=1S/C17H20/c1-6-13(4)17(14(5)7-2)16-12-10-9-11-15(16)8-3/h6-12H,1,3H2,2,4-5H3/b14-7-,17-13+. The summed E-state index contributed by atoms with van der Waals surface area (Å²) in [7, 11) is 0. The lowest BCUT2D eigenvalue weighted by molar-refractivity contribution is 1.40. The summed E-state index contributed by atoms with van der Waals surface area (Å²) in [5.41, 5.74) is 6.07. The molecule has 17 heavy (non-hydrogen) atoms. The van der Waals surface area contributed by atoms with Crippen molar-refractivity contribution < 1.29 is 0 Å². The van der Waals surface area contributed by atoms with E-state index in [1.54, 1.807) is 0 Å². The lowest BCUT2D eigenvalue weighted by Crippen LogP contribution is -1.93. The molecule has 0 saturated carbocycles. The molecule has 0 nitrogen and oxygen atoms in total. The third-order valence-electron chi connectivity index (χ3n) is 2.98.